The Labute approximate surface area is 113 Å². The van der Waals surface area contributed by atoms with Gasteiger partial charge in [0.05, 0.1) is 17.9 Å². The van der Waals surface area contributed by atoms with Gasteiger partial charge in [0.15, 0.2) is 0 Å². The van der Waals surface area contributed by atoms with Gasteiger partial charge in [-0.3, -0.25) is 0 Å². The van der Waals surface area contributed by atoms with Crippen molar-refractivity contribution in [1.82, 2.24) is 4.98 Å². The van der Waals surface area contributed by atoms with Crippen molar-refractivity contribution >= 4 is 11.5 Å². The Bertz CT molecular complexity index is 537. The Morgan fingerprint density at radius 1 is 1.16 bits per heavy atom. The molecular formula is C15H18FN3. The molecule has 1 heterocycles. The molecule has 0 amide bonds. The summed E-state index contributed by atoms with van der Waals surface area (Å²) in [5.41, 5.74) is 1.53. The molecule has 0 spiro atoms. The van der Waals surface area contributed by atoms with Gasteiger partial charge in [-0.2, -0.15) is 0 Å². The highest BCUT2D eigenvalue weighted by Crippen LogP contribution is 2.21. The largest absolute Gasteiger partial charge is 0.377 e. The van der Waals surface area contributed by atoms with Gasteiger partial charge < -0.3 is 10.2 Å². The van der Waals surface area contributed by atoms with E-state index in [2.05, 4.69) is 10.3 Å². The normalized spacial score (nSPS) is 12.0. The van der Waals surface area contributed by atoms with Gasteiger partial charge in [-0.05, 0) is 25.1 Å². The molecule has 2 aromatic rings. The number of halogens is 1. The number of pyridine rings is 1. The lowest BCUT2D eigenvalue weighted by atomic mass is 10.1. The number of nitrogens with one attached hydrogen (secondary N) is 1. The number of hydrogen-bond donors (Lipinski definition) is 1. The van der Waals surface area contributed by atoms with Crippen LogP contribution in [0.3, 0.4) is 0 Å². The highest BCUT2D eigenvalue weighted by molar-refractivity contribution is 5.49. The fraction of sp³-hybridized carbons (Fsp3) is 0.267. The molecule has 2 rings (SSSR count). The van der Waals surface area contributed by atoms with Crippen LogP contribution in [0.2, 0.25) is 0 Å². The van der Waals surface area contributed by atoms with Crippen molar-refractivity contribution in [3.8, 4) is 0 Å². The zero-order chi connectivity index (χ0) is 13.8. The van der Waals surface area contributed by atoms with Crippen LogP contribution in [0.5, 0.6) is 0 Å². The topological polar surface area (TPSA) is 28.2 Å². The summed E-state index contributed by atoms with van der Waals surface area (Å²) in [6, 6.07) is 10.6. The Morgan fingerprint density at radius 3 is 2.47 bits per heavy atom. The van der Waals surface area contributed by atoms with Gasteiger partial charge in [0.2, 0.25) is 0 Å². The number of nitrogens with zero attached hydrogens (tertiary/aromatic N) is 2. The molecule has 0 radical (unpaired) electrons. The van der Waals surface area contributed by atoms with Crippen LogP contribution in [-0.4, -0.2) is 19.1 Å². The van der Waals surface area contributed by atoms with Crippen molar-refractivity contribution in [1.29, 1.82) is 0 Å². The van der Waals surface area contributed by atoms with Crippen molar-refractivity contribution in [2.45, 2.75) is 13.0 Å². The van der Waals surface area contributed by atoms with E-state index in [0.29, 0.717) is 5.56 Å². The predicted molar refractivity (Wildman–Crippen MR) is 77.0 cm³/mol. The molecule has 1 aromatic carbocycles. The van der Waals surface area contributed by atoms with Crippen molar-refractivity contribution in [3.05, 3.63) is 54.0 Å². The van der Waals surface area contributed by atoms with Gasteiger partial charge in [-0.1, -0.05) is 18.2 Å². The fourth-order valence-corrected chi connectivity index (χ4v) is 1.89. The van der Waals surface area contributed by atoms with Crippen LogP contribution in [0.4, 0.5) is 15.9 Å². The van der Waals surface area contributed by atoms with Crippen LogP contribution in [0, 0.1) is 5.82 Å². The summed E-state index contributed by atoms with van der Waals surface area (Å²) >= 11 is 0. The first-order valence-corrected chi connectivity index (χ1v) is 6.22. The van der Waals surface area contributed by atoms with Crippen molar-refractivity contribution in [2.24, 2.45) is 0 Å². The number of hydrogen-bond acceptors (Lipinski definition) is 3. The number of rotatable bonds is 4. The summed E-state index contributed by atoms with van der Waals surface area (Å²) in [4.78, 5) is 6.25. The zero-order valence-electron chi connectivity index (χ0n) is 11.4. The zero-order valence-corrected chi connectivity index (χ0v) is 11.4. The summed E-state index contributed by atoms with van der Waals surface area (Å²) in [7, 11) is 3.88. The van der Waals surface area contributed by atoms with Gasteiger partial charge in [-0.15, -0.1) is 0 Å². The minimum Gasteiger partial charge on any atom is -0.377 e. The quantitative estimate of drug-likeness (QED) is 0.911. The Hall–Kier alpha value is -2.10. The van der Waals surface area contributed by atoms with Gasteiger partial charge >= 0.3 is 0 Å². The minimum absolute atomic E-state index is 0.104. The van der Waals surface area contributed by atoms with E-state index >= 15 is 0 Å². The summed E-state index contributed by atoms with van der Waals surface area (Å²) in [5.74, 6) is 0.699. The van der Waals surface area contributed by atoms with E-state index < -0.39 is 0 Å². The third kappa shape index (κ3) is 3.22. The van der Waals surface area contributed by atoms with Crippen molar-refractivity contribution < 1.29 is 4.39 Å². The molecule has 0 aliphatic carbocycles. The van der Waals surface area contributed by atoms with Gasteiger partial charge in [0.1, 0.15) is 11.6 Å². The smallest absolute Gasteiger partial charge is 0.128 e. The van der Waals surface area contributed by atoms with E-state index in [1.165, 1.54) is 6.07 Å². The highest BCUT2D eigenvalue weighted by Gasteiger charge is 2.10. The first kappa shape index (κ1) is 13.3. The lowest BCUT2D eigenvalue weighted by Gasteiger charge is -2.17. The molecule has 0 aliphatic heterocycles. The van der Waals surface area contributed by atoms with Crippen molar-refractivity contribution in [2.75, 3.05) is 24.3 Å². The summed E-state index contributed by atoms with van der Waals surface area (Å²) < 4.78 is 13.7. The van der Waals surface area contributed by atoms with E-state index in [9.17, 15) is 4.39 Å². The number of benzene rings is 1. The molecule has 1 unspecified atom stereocenters. The first-order chi connectivity index (χ1) is 9.08. The third-order valence-corrected chi connectivity index (χ3v) is 2.96. The molecule has 0 saturated heterocycles. The molecule has 4 heteroatoms. The SMILES string of the molecule is CC(Nc1ccc(N(C)C)nc1)c1ccccc1F. The summed E-state index contributed by atoms with van der Waals surface area (Å²) in [5, 5.41) is 3.24. The Balaban J connectivity index is 2.11. The maximum Gasteiger partial charge on any atom is 0.128 e. The molecule has 0 bridgehead atoms. The Kier molecular flexibility index (Phi) is 4.00. The molecule has 0 saturated carbocycles. The van der Waals surface area contributed by atoms with Gasteiger partial charge in [0.25, 0.3) is 0 Å². The molecule has 0 aliphatic rings. The maximum absolute atomic E-state index is 13.7. The second-order valence-electron chi connectivity index (χ2n) is 4.69. The predicted octanol–water partition coefficient (Wildman–Crippen LogP) is 3.46. The second-order valence-corrected chi connectivity index (χ2v) is 4.69. The lowest BCUT2D eigenvalue weighted by Crippen LogP contribution is -2.12. The molecule has 1 N–H and O–H groups in total. The maximum atomic E-state index is 13.7. The molecule has 3 nitrogen and oxygen atoms in total. The van der Waals surface area contributed by atoms with E-state index in [4.69, 9.17) is 0 Å². The van der Waals surface area contributed by atoms with E-state index in [-0.39, 0.29) is 11.9 Å². The van der Waals surface area contributed by atoms with E-state index in [1.807, 2.05) is 44.1 Å². The lowest BCUT2D eigenvalue weighted by molar-refractivity contribution is 0.600. The molecular weight excluding hydrogens is 241 g/mol. The molecule has 19 heavy (non-hydrogen) atoms. The van der Waals surface area contributed by atoms with Gasteiger partial charge in [-0.25, -0.2) is 9.37 Å². The van der Waals surface area contributed by atoms with E-state index in [1.54, 1.807) is 18.3 Å². The molecule has 0 fully saturated rings. The minimum atomic E-state index is -0.194. The summed E-state index contributed by atoms with van der Waals surface area (Å²) in [6.45, 7) is 1.93. The van der Waals surface area contributed by atoms with Crippen LogP contribution < -0.4 is 10.2 Å². The number of anilines is 2. The standard InChI is InChI=1S/C15H18FN3/c1-11(13-6-4-5-7-14(13)16)18-12-8-9-15(17-10-12)19(2)3/h4-11,18H,1-3H3. The van der Waals surface area contributed by atoms with Crippen molar-refractivity contribution in [3.63, 3.8) is 0 Å². The average molecular weight is 259 g/mol. The van der Waals surface area contributed by atoms with E-state index in [0.717, 1.165) is 11.5 Å². The molecule has 100 valence electrons. The monoisotopic (exact) mass is 259 g/mol. The number of aromatic nitrogens is 1. The first-order valence-electron chi connectivity index (χ1n) is 6.22. The second kappa shape index (κ2) is 5.69. The van der Waals surface area contributed by atoms with Crippen LogP contribution in [0.15, 0.2) is 42.6 Å². The van der Waals surface area contributed by atoms with Crippen LogP contribution in [-0.2, 0) is 0 Å². The van der Waals surface area contributed by atoms with Crippen LogP contribution in [0.25, 0.3) is 0 Å². The van der Waals surface area contributed by atoms with Crippen LogP contribution >= 0.6 is 0 Å². The third-order valence-electron chi connectivity index (χ3n) is 2.96. The highest BCUT2D eigenvalue weighted by atomic mass is 19.1. The average Bonchev–Trinajstić information content (AvgIpc) is 2.39. The molecule has 1 aromatic heterocycles. The van der Waals surface area contributed by atoms with Gasteiger partial charge in [0, 0.05) is 19.7 Å². The van der Waals surface area contributed by atoms with Crippen LogP contribution in [0.1, 0.15) is 18.5 Å². The summed E-state index contributed by atoms with van der Waals surface area (Å²) in [6.07, 6.45) is 1.76. The fourth-order valence-electron chi connectivity index (χ4n) is 1.89. The molecule has 1 atom stereocenters. The Morgan fingerprint density at radius 2 is 1.89 bits per heavy atom.